The third-order valence-corrected chi connectivity index (χ3v) is 5.73. The van der Waals surface area contributed by atoms with E-state index in [1.807, 2.05) is 57.2 Å². The van der Waals surface area contributed by atoms with E-state index in [4.69, 9.17) is 9.47 Å². The maximum absolute atomic E-state index is 13.8. The van der Waals surface area contributed by atoms with Crippen molar-refractivity contribution in [1.82, 2.24) is 0 Å². The second-order valence-corrected chi connectivity index (χ2v) is 7.67. The zero-order valence-corrected chi connectivity index (χ0v) is 19.1. The molecular formula is C27H26N2O4. The lowest BCUT2D eigenvalue weighted by molar-refractivity contribution is -0.120. The summed E-state index contributed by atoms with van der Waals surface area (Å²) < 4.78 is 11.2. The standard InChI is InChI=1S/C27H26N2O4/c1-5-33-23-16-9-7-14-21(23)29-26(30)24(19-12-6-8-15-22(19)32-4)25(27(29)31)28-20-13-10-11-17(2)18(20)3/h6-16,28H,5H2,1-4H3. The number of hydrogen-bond acceptors (Lipinski definition) is 5. The minimum atomic E-state index is -0.450. The van der Waals surface area contributed by atoms with Gasteiger partial charge in [-0.25, -0.2) is 4.90 Å². The Hall–Kier alpha value is -4.06. The molecule has 0 unspecified atom stereocenters. The first-order valence-electron chi connectivity index (χ1n) is 10.8. The molecule has 168 valence electrons. The van der Waals surface area contributed by atoms with E-state index in [1.165, 1.54) is 4.90 Å². The summed E-state index contributed by atoms with van der Waals surface area (Å²) in [4.78, 5) is 28.7. The second kappa shape index (κ2) is 9.20. The number of hydrogen-bond donors (Lipinski definition) is 1. The van der Waals surface area contributed by atoms with Crippen LogP contribution in [0.5, 0.6) is 11.5 Å². The van der Waals surface area contributed by atoms with Gasteiger partial charge < -0.3 is 14.8 Å². The number of imide groups is 1. The summed E-state index contributed by atoms with van der Waals surface area (Å²) in [6, 6.07) is 20.0. The highest BCUT2D eigenvalue weighted by Crippen LogP contribution is 2.40. The highest BCUT2D eigenvalue weighted by molar-refractivity contribution is 6.46. The number of anilines is 2. The van der Waals surface area contributed by atoms with Crippen LogP contribution in [-0.4, -0.2) is 25.5 Å². The Morgan fingerprint density at radius 2 is 1.55 bits per heavy atom. The zero-order valence-electron chi connectivity index (χ0n) is 19.1. The van der Waals surface area contributed by atoms with Crippen molar-refractivity contribution in [2.75, 3.05) is 23.9 Å². The van der Waals surface area contributed by atoms with Gasteiger partial charge >= 0.3 is 0 Å². The molecule has 3 aromatic carbocycles. The fourth-order valence-corrected chi connectivity index (χ4v) is 3.91. The summed E-state index contributed by atoms with van der Waals surface area (Å²) in [6.07, 6.45) is 0. The van der Waals surface area contributed by atoms with E-state index in [9.17, 15) is 9.59 Å². The van der Waals surface area contributed by atoms with E-state index in [2.05, 4.69) is 5.32 Å². The molecule has 0 radical (unpaired) electrons. The van der Waals surface area contributed by atoms with Crippen LogP contribution in [0.4, 0.5) is 11.4 Å². The minimum absolute atomic E-state index is 0.199. The molecule has 0 aromatic heterocycles. The van der Waals surface area contributed by atoms with Crippen molar-refractivity contribution in [1.29, 1.82) is 0 Å². The molecule has 0 fully saturated rings. The smallest absolute Gasteiger partial charge is 0.282 e. The van der Waals surface area contributed by atoms with Crippen molar-refractivity contribution in [3.63, 3.8) is 0 Å². The molecule has 6 heteroatoms. The third kappa shape index (κ3) is 3.96. The monoisotopic (exact) mass is 442 g/mol. The number of nitrogens with zero attached hydrogens (tertiary/aromatic N) is 1. The van der Waals surface area contributed by atoms with Gasteiger partial charge in [-0.15, -0.1) is 0 Å². The summed E-state index contributed by atoms with van der Waals surface area (Å²) in [5.74, 6) is 0.0846. The van der Waals surface area contributed by atoms with Gasteiger partial charge in [-0.05, 0) is 56.2 Å². The van der Waals surface area contributed by atoms with Gasteiger partial charge in [0.15, 0.2) is 0 Å². The Balaban J connectivity index is 1.90. The number of nitrogens with one attached hydrogen (secondary N) is 1. The van der Waals surface area contributed by atoms with Crippen LogP contribution >= 0.6 is 0 Å². The summed E-state index contributed by atoms with van der Waals surface area (Å²) in [6.45, 7) is 6.25. The molecule has 1 aliphatic heterocycles. The normalized spacial score (nSPS) is 13.5. The van der Waals surface area contributed by atoms with Crippen LogP contribution in [0.1, 0.15) is 23.6 Å². The van der Waals surface area contributed by atoms with E-state index in [-0.39, 0.29) is 11.3 Å². The number of carbonyl (C=O) groups is 2. The van der Waals surface area contributed by atoms with Gasteiger partial charge in [0.2, 0.25) is 0 Å². The Morgan fingerprint density at radius 3 is 2.27 bits per heavy atom. The van der Waals surface area contributed by atoms with Crippen LogP contribution in [0.15, 0.2) is 72.4 Å². The lowest BCUT2D eigenvalue weighted by atomic mass is 10.0. The number of aryl methyl sites for hydroxylation is 1. The minimum Gasteiger partial charge on any atom is -0.496 e. The van der Waals surface area contributed by atoms with Crippen LogP contribution in [0.3, 0.4) is 0 Å². The van der Waals surface area contributed by atoms with E-state index >= 15 is 0 Å². The molecule has 1 N–H and O–H groups in total. The molecule has 1 aliphatic rings. The molecule has 33 heavy (non-hydrogen) atoms. The van der Waals surface area contributed by atoms with Crippen molar-refractivity contribution in [3.05, 3.63) is 89.1 Å². The molecule has 3 aromatic rings. The number of para-hydroxylation sites is 3. The van der Waals surface area contributed by atoms with Gasteiger partial charge in [-0.1, -0.05) is 42.5 Å². The van der Waals surface area contributed by atoms with Gasteiger partial charge in [-0.3, -0.25) is 9.59 Å². The largest absolute Gasteiger partial charge is 0.496 e. The Labute approximate surface area is 193 Å². The fourth-order valence-electron chi connectivity index (χ4n) is 3.91. The van der Waals surface area contributed by atoms with Crippen LogP contribution in [0.2, 0.25) is 0 Å². The van der Waals surface area contributed by atoms with Gasteiger partial charge in [0.1, 0.15) is 17.2 Å². The first-order chi connectivity index (χ1) is 16.0. The number of benzene rings is 3. The lowest BCUT2D eigenvalue weighted by Crippen LogP contribution is -2.32. The quantitative estimate of drug-likeness (QED) is 0.515. The van der Waals surface area contributed by atoms with E-state index in [0.717, 1.165) is 16.8 Å². The summed E-state index contributed by atoms with van der Waals surface area (Å²) in [5.41, 5.74) is 4.24. The molecule has 6 nitrogen and oxygen atoms in total. The number of ether oxygens (including phenoxy) is 2. The van der Waals surface area contributed by atoms with Crippen LogP contribution in [0.25, 0.3) is 5.57 Å². The van der Waals surface area contributed by atoms with Crippen molar-refractivity contribution in [3.8, 4) is 11.5 Å². The average molecular weight is 443 g/mol. The predicted molar refractivity (Wildman–Crippen MR) is 130 cm³/mol. The van der Waals surface area contributed by atoms with Gasteiger partial charge in [0, 0.05) is 11.3 Å². The average Bonchev–Trinajstić information content (AvgIpc) is 3.06. The number of amides is 2. The summed E-state index contributed by atoms with van der Waals surface area (Å²) in [7, 11) is 1.54. The van der Waals surface area contributed by atoms with Gasteiger partial charge in [-0.2, -0.15) is 0 Å². The van der Waals surface area contributed by atoms with Gasteiger partial charge in [0.05, 0.1) is 25.0 Å². The van der Waals surface area contributed by atoms with Crippen molar-refractivity contribution in [2.45, 2.75) is 20.8 Å². The van der Waals surface area contributed by atoms with Crippen molar-refractivity contribution < 1.29 is 19.1 Å². The Morgan fingerprint density at radius 1 is 0.848 bits per heavy atom. The Bertz CT molecular complexity index is 1260. The maximum atomic E-state index is 13.8. The first kappa shape index (κ1) is 22.1. The number of methoxy groups -OCH3 is 1. The predicted octanol–water partition coefficient (Wildman–Crippen LogP) is 5.11. The molecule has 0 saturated carbocycles. The second-order valence-electron chi connectivity index (χ2n) is 7.67. The van der Waals surface area contributed by atoms with Crippen LogP contribution in [0, 0.1) is 13.8 Å². The highest BCUT2D eigenvalue weighted by Gasteiger charge is 2.42. The maximum Gasteiger partial charge on any atom is 0.282 e. The molecule has 4 rings (SSSR count). The van der Waals surface area contributed by atoms with Crippen molar-refractivity contribution in [2.24, 2.45) is 0 Å². The van der Waals surface area contributed by atoms with Crippen molar-refractivity contribution >= 4 is 28.8 Å². The van der Waals surface area contributed by atoms with E-state index < -0.39 is 11.8 Å². The van der Waals surface area contributed by atoms with E-state index in [1.54, 1.807) is 37.4 Å². The fraction of sp³-hybridized carbons (Fsp3) is 0.185. The topological polar surface area (TPSA) is 67.9 Å². The zero-order chi connectivity index (χ0) is 23.5. The number of carbonyl (C=O) groups excluding carboxylic acids is 2. The highest BCUT2D eigenvalue weighted by atomic mass is 16.5. The van der Waals surface area contributed by atoms with Gasteiger partial charge in [0.25, 0.3) is 11.8 Å². The molecule has 2 amide bonds. The molecule has 1 heterocycles. The molecule has 0 saturated heterocycles. The molecule has 0 spiro atoms. The summed E-state index contributed by atoms with van der Waals surface area (Å²) in [5, 5.41) is 3.25. The summed E-state index contributed by atoms with van der Waals surface area (Å²) >= 11 is 0. The van der Waals surface area contributed by atoms with Crippen LogP contribution in [-0.2, 0) is 9.59 Å². The lowest BCUT2D eigenvalue weighted by Gasteiger charge is -2.19. The SMILES string of the molecule is CCOc1ccccc1N1C(=O)C(Nc2cccc(C)c2C)=C(c2ccccc2OC)C1=O. The molecule has 0 atom stereocenters. The van der Waals surface area contributed by atoms with E-state index in [0.29, 0.717) is 29.4 Å². The number of rotatable bonds is 7. The molecule has 0 bridgehead atoms. The molecule has 0 aliphatic carbocycles. The van der Waals surface area contributed by atoms with Crippen LogP contribution < -0.4 is 19.7 Å². The Kier molecular flexibility index (Phi) is 6.18. The molecular weight excluding hydrogens is 416 g/mol. The first-order valence-corrected chi connectivity index (χ1v) is 10.8. The third-order valence-electron chi connectivity index (χ3n) is 5.73.